The summed E-state index contributed by atoms with van der Waals surface area (Å²) in [6.45, 7) is 5.25. The highest BCUT2D eigenvalue weighted by Crippen LogP contribution is 2.20. The molecule has 0 aromatic heterocycles. The average Bonchev–Trinajstić information content (AvgIpc) is 2.03. The molecule has 1 aromatic carbocycles. The van der Waals surface area contributed by atoms with Crippen LogP contribution in [0.25, 0.3) is 0 Å². The molecule has 1 N–H and O–H groups in total. The zero-order valence-corrected chi connectivity index (χ0v) is 9.15. The van der Waals surface area contributed by atoms with E-state index in [2.05, 4.69) is 25.2 Å². The maximum Gasteiger partial charge on any atom is 0.0411 e. The van der Waals surface area contributed by atoms with E-state index in [9.17, 15) is 0 Å². The molecule has 0 aliphatic carbocycles. The summed E-state index contributed by atoms with van der Waals surface area (Å²) in [5.74, 6) is 0.516. The van der Waals surface area contributed by atoms with E-state index >= 15 is 0 Å². The monoisotopic (exact) mass is 197 g/mol. The van der Waals surface area contributed by atoms with Gasteiger partial charge in [0, 0.05) is 11.6 Å². The zero-order valence-electron chi connectivity index (χ0n) is 8.39. The largest absolute Gasteiger partial charge is 0.319 e. The molecule has 13 heavy (non-hydrogen) atoms. The van der Waals surface area contributed by atoms with Gasteiger partial charge in [-0.3, -0.25) is 0 Å². The Balaban J connectivity index is 2.87. The lowest BCUT2D eigenvalue weighted by molar-refractivity contribution is 0.677. The molecular weight excluding hydrogens is 182 g/mol. The van der Waals surface area contributed by atoms with Crippen molar-refractivity contribution in [1.29, 1.82) is 0 Å². The van der Waals surface area contributed by atoms with Gasteiger partial charge in [0.15, 0.2) is 0 Å². The Hall–Kier alpha value is -0.530. The van der Waals surface area contributed by atoms with E-state index in [-0.39, 0.29) is 0 Å². The molecular formula is C11H16ClN. The Labute approximate surface area is 85.1 Å². The van der Waals surface area contributed by atoms with Crippen molar-refractivity contribution < 1.29 is 0 Å². The quantitative estimate of drug-likeness (QED) is 0.786. The van der Waals surface area contributed by atoms with Crippen LogP contribution in [0, 0.1) is 6.92 Å². The van der Waals surface area contributed by atoms with E-state index in [1.54, 1.807) is 0 Å². The molecule has 2 heteroatoms. The topological polar surface area (TPSA) is 12.0 Å². The first-order chi connectivity index (χ1) is 6.13. The van der Waals surface area contributed by atoms with Crippen molar-refractivity contribution in [3.63, 3.8) is 0 Å². The van der Waals surface area contributed by atoms with Crippen LogP contribution in [0.15, 0.2) is 18.2 Å². The SMILES string of the molecule is CNCC(C)c1cc(C)cc(Cl)c1. The van der Waals surface area contributed by atoms with Crippen molar-refractivity contribution in [1.82, 2.24) is 5.32 Å². The average molecular weight is 198 g/mol. The molecule has 0 bridgehead atoms. The third-order valence-corrected chi connectivity index (χ3v) is 2.36. The standard InChI is InChI=1S/C11H16ClN/c1-8-4-10(6-11(12)5-8)9(2)7-13-3/h4-6,9,13H,7H2,1-3H3. The van der Waals surface area contributed by atoms with Crippen molar-refractivity contribution in [2.75, 3.05) is 13.6 Å². The second kappa shape index (κ2) is 4.64. The minimum Gasteiger partial charge on any atom is -0.319 e. The van der Waals surface area contributed by atoms with Gasteiger partial charge in [0.1, 0.15) is 0 Å². The molecule has 0 spiro atoms. The third-order valence-electron chi connectivity index (χ3n) is 2.14. The molecule has 0 fully saturated rings. The number of aryl methyl sites for hydroxylation is 1. The van der Waals surface area contributed by atoms with Crippen molar-refractivity contribution in [2.45, 2.75) is 19.8 Å². The number of nitrogens with one attached hydrogen (secondary N) is 1. The van der Waals surface area contributed by atoms with E-state index in [1.165, 1.54) is 11.1 Å². The molecule has 0 aliphatic heterocycles. The highest BCUT2D eigenvalue weighted by molar-refractivity contribution is 6.30. The Morgan fingerprint density at radius 2 is 2.08 bits per heavy atom. The molecule has 1 atom stereocenters. The van der Waals surface area contributed by atoms with Gasteiger partial charge in [-0.1, -0.05) is 24.6 Å². The highest BCUT2D eigenvalue weighted by atomic mass is 35.5. The summed E-state index contributed by atoms with van der Waals surface area (Å²) in [4.78, 5) is 0. The minimum absolute atomic E-state index is 0.516. The van der Waals surface area contributed by atoms with Crippen LogP contribution < -0.4 is 5.32 Å². The van der Waals surface area contributed by atoms with Crippen LogP contribution >= 0.6 is 11.6 Å². The van der Waals surface area contributed by atoms with Crippen LogP contribution in [0.2, 0.25) is 5.02 Å². The smallest absolute Gasteiger partial charge is 0.0411 e. The van der Waals surface area contributed by atoms with Gasteiger partial charge in [-0.25, -0.2) is 0 Å². The summed E-state index contributed by atoms with van der Waals surface area (Å²) < 4.78 is 0. The fraction of sp³-hybridized carbons (Fsp3) is 0.455. The first-order valence-electron chi connectivity index (χ1n) is 4.55. The normalized spacial score (nSPS) is 12.9. The molecule has 1 aromatic rings. The molecule has 1 rings (SSSR count). The molecule has 0 saturated carbocycles. The predicted octanol–water partition coefficient (Wildman–Crippen LogP) is 2.97. The molecule has 72 valence electrons. The number of rotatable bonds is 3. The summed E-state index contributed by atoms with van der Waals surface area (Å²) in [5.41, 5.74) is 2.53. The third kappa shape index (κ3) is 3.02. The van der Waals surface area contributed by atoms with Crippen LogP contribution in [0.5, 0.6) is 0 Å². The van der Waals surface area contributed by atoms with Crippen LogP contribution in [0.4, 0.5) is 0 Å². The van der Waals surface area contributed by atoms with Crippen LogP contribution in [0.3, 0.4) is 0 Å². The lowest BCUT2D eigenvalue weighted by atomic mass is 9.99. The van der Waals surface area contributed by atoms with E-state index in [0.717, 1.165) is 11.6 Å². The molecule has 0 radical (unpaired) electrons. The van der Waals surface area contributed by atoms with Gasteiger partial charge in [0.25, 0.3) is 0 Å². The van der Waals surface area contributed by atoms with E-state index in [0.29, 0.717) is 5.92 Å². The summed E-state index contributed by atoms with van der Waals surface area (Å²) in [6, 6.07) is 6.21. The number of hydrogen-bond donors (Lipinski definition) is 1. The van der Waals surface area contributed by atoms with E-state index in [4.69, 9.17) is 11.6 Å². The van der Waals surface area contributed by atoms with Crippen molar-refractivity contribution in [2.24, 2.45) is 0 Å². The second-order valence-corrected chi connectivity index (χ2v) is 3.96. The first-order valence-corrected chi connectivity index (χ1v) is 4.93. The van der Waals surface area contributed by atoms with Crippen LogP contribution in [-0.2, 0) is 0 Å². The Morgan fingerprint density at radius 1 is 1.38 bits per heavy atom. The summed E-state index contributed by atoms with van der Waals surface area (Å²) in [5, 5.41) is 3.99. The van der Waals surface area contributed by atoms with Crippen LogP contribution in [0.1, 0.15) is 24.0 Å². The number of hydrogen-bond acceptors (Lipinski definition) is 1. The maximum absolute atomic E-state index is 5.97. The Kier molecular flexibility index (Phi) is 3.76. The van der Waals surface area contributed by atoms with Crippen molar-refractivity contribution in [3.05, 3.63) is 34.3 Å². The Morgan fingerprint density at radius 3 is 2.62 bits per heavy atom. The molecule has 0 amide bonds. The van der Waals surface area contributed by atoms with Gasteiger partial charge in [0.2, 0.25) is 0 Å². The van der Waals surface area contributed by atoms with Gasteiger partial charge in [0.05, 0.1) is 0 Å². The highest BCUT2D eigenvalue weighted by Gasteiger charge is 2.05. The fourth-order valence-corrected chi connectivity index (χ4v) is 1.77. The van der Waals surface area contributed by atoms with Crippen LogP contribution in [-0.4, -0.2) is 13.6 Å². The Bertz CT molecular complexity index is 263. The first kappa shape index (κ1) is 10.6. The number of likely N-dealkylation sites (N-methyl/N-ethyl adjacent to an activating group) is 1. The fourth-order valence-electron chi connectivity index (χ4n) is 1.47. The van der Waals surface area contributed by atoms with Gasteiger partial charge in [-0.15, -0.1) is 0 Å². The number of halogens is 1. The van der Waals surface area contributed by atoms with E-state index < -0.39 is 0 Å². The molecule has 1 unspecified atom stereocenters. The zero-order chi connectivity index (χ0) is 9.84. The molecule has 0 saturated heterocycles. The van der Waals surface area contributed by atoms with Gasteiger partial charge in [-0.2, -0.15) is 0 Å². The molecule has 0 aliphatic rings. The summed E-state index contributed by atoms with van der Waals surface area (Å²) >= 11 is 5.97. The molecule has 0 heterocycles. The van der Waals surface area contributed by atoms with Crippen molar-refractivity contribution >= 4 is 11.6 Å². The summed E-state index contributed by atoms with van der Waals surface area (Å²) in [7, 11) is 1.97. The summed E-state index contributed by atoms with van der Waals surface area (Å²) in [6.07, 6.45) is 0. The predicted molar refractivity (Wildman–Crippen MR) is 58.5 cm³/mol. The lowest BCUT2D eigenvalue weighted by Crippen LogP contribution is -2.14. The van der Waals surface area contributed by atoms with Gasteiger partial charge < -0.3 is 5.32 Å². The minimum atomic E-state index is 0.516. The van der Waals surface area contributed by atoms with E-state index in [1.807, 2.05) is 19.2 Å². The number of benzene rings is 1. The molecule has 1 nitrogen and oxygen atoms in total. The lowest BCUT2D eigenvalue weighted by Gasteiger charge is -2.12. The van der Waals surface area contributed by atoms with Gasteiger partial charge in [-0.05, 0) is 43.1 Å². The van der Waals surface area contributed by atoms with Gasteiger partial charge >= 0.3 is 0 Å². The second-order valence-electron chi connectivity index (χ2n) is 3.52. The maximum atomic E-state index is 5.97. The van der Waals surface area contributed by atoms with Crippen molar-refractivity contribution in [3.8, 4) is 0 Å².